The van der Waals surface area contributed by atoms with E-state index in [0.717, 1.165) is 47.1 Å². The highest BCUT2D eigenvalue weighted by Gasteiger charge is 2.39. The molecule has 3 atom stereocenters. The van der Waals surface area contributed by atoms with E-state index in [1.165, 1.54) is 0 Å². The van der Waals surface area contributed by atoms with Crippen LogP contribution in [0.15, 0.2) is 41.1 Å². The van der Waals surface area contributed by atoms with Gasteiger partial charge in [0.25, 0.3) is 0 Å². The zero-order valence-electron chi connectivity index (χ0n) is 20.0. The number of nitrogens with zero attached hydrogens (tertiary/aromatic N) is 4. The first kappa shape index (κ1) is 21.8. The first-order chi connectivity index (χ1) is 17.0. The molecule has 0 radical (unpaired) electrons. The number of carbonyl (C=O) groups is 1. The maximum atomic E-state index is 12.5. The van der Waals surface area contributed by atoms with Gasteiger partial charge in [-0.15, -0.1) is 0 Å². The largest absolute Gasteiger partial charge is 0.436 e. The van der Waals surface area contributed by atoms with Crippen LogP contribution < -0.4 is 15.5 Å². The molecule has 2 fully saturated rings. The van der Waals surface area contributed by atoms with Gasteiger partial charge in [-0.25, -0.2) is 15.0 Å². The Labute approximate surface area is 202 Å². The molecule has 1 saturated carbocycles. The van der Waals surface area contributed by atoms with Gasteiger partial charge < -0.3 is 24.7 Å². The van der Waals surface area contributed by atoms with Gasteiger partial charge in [0.1, 0.15) is 17.2 Å². The van der Waals surface area contributed by atoms with Crippen LogP contribution in [0, 0.1) is 11.8 Å². The molecule has 9 nitrogen and oxygen atoms in total. The fourth-order valence-corrected chi connectivity index (χ4v) is 4.76. The summed E-state index contributed by atoms with van der Waals surface area (Å²) in [6.45, 7) is 6.58. The molecule has 180 valence electrons. The van der Waals surface area contributed by atoms with E-state index in [9.17, 15) is 4.79 Å². The molecule has 35 heavy (non-hydrogen) atoms. The highest BCUT2D eigenvalue weighted by atomic mass is 16.5. The molecule has 2 N–H and O–H groups in total. The topological polar surface area (TPSA) is 105 Å². The highest BCUT2D eigenvalue weighted by molar-refractivity contribution is 6.03. The molecule has 0 unspecified atom stereocenters. The Morgan fingerprint density at radius 1 is 1.14 bits per heavy atom. The average Bonchev–Trinajstić information content (AvgIpc) is 3.45. The van der Waals surface area contributed by atoms with Crippen molar-refractivity contribution in [3.8, 4) is 11.5 Å². The van der Waals surface area contributed by atoms with Gasteiger partial charge in [-0.3, -0.25) is 4.79 Å². The van der Waals surface area contributed by atoms with Crippen LogP contribution in [0.2, 0.25) is 0 Å². The lowest BCUT2D eigenvalue weighted by atomic mass is 10.1. The summed E-state index contributed by atoms with van der Waals surface area (Å²) in [5.41, 5.74) is 3.34. The van der Waals surface area contributed by atoms with Crippen LogP contribution in [0.4, 0.5) is 17.3 Å². The molecule has 1 saturated heterocycles. The SMILES string of the molecule is CNc1ncc(-c2nc3cc(N4CCO[C@H](C)C4)ccc3o2)c2cc(NC(=O)[C@H]3C[C@H]3C)ncc12. The fraction of sp³-hybridized carbons (Fsp3) is 0.385. The van der Waals surface area contributed by atoms with Crippen molar-refractivity contribution in [2.45, 2.75) is 26.4 Å². The monoisotopic (exact) mass is 472 g/mol. The number of rotatable bonds is 5. The number of morpholine rings is 1. The van der Waals surface area contributed by atoms with E-state index in [-0.39, 0.29) is 17.9 Å². The maximum Gasteiger partial charge on any atom is 0.229 e. The second-order valence-corrected chi connectivity index (χ2v) is 9.49. The lowest BCUT2D eigenvalue weighted by Crippen LogP contribution is -2.41. The van der Waals surface area contributed by atoms with Crippen molar-refractivity contribution < 1.29 is 13.9 Å². The summed E-state index contributed by atoms with van der Waals surface area (Å²) in [5, 5.41) is 7.75. The van der Waals surface area contributed by atoms with Crippen LogP contribution in [0.5, 0.6) is 0 Å². The van der Waals surface area contributed by atoms with Gasteiger partial charge in [-0.05, 0) is 43.5 Å². The molecular weight excluding hydrogens is 444 g/mol. The Kier molecular flexibility index (Phi) is 5.29. The minimum Gasteiger partial charge on any atom is -0.436 e. The number of benzene rings is 1. The first-order valence-corrected chi connectivity index (χ1v) is 12.0. The number of oxazole rings is 1. The molecule has 2 aliphatic rings. The molecule has 1 aliphatic carbocycles. The summed E-state index contributed by atoms with van der Waals surface area (Å²) in [5.74, 6) is 2.20. The number of hydrogen-bond acceptors (Lipinski definition) is 8. The lowest BCUT2D eigenvalue weighted by Gasteiger charge is -2.32. The van der Waals surface area contributed by atoms with E-state index in [4.69, 9.17) is 14.1 Å². The summed E-state index contributed by atoms with van der Waals surface area (Å²) in [6.07, 6.45) is 4.59. The van der Waals surface area contributed by atoms with Crippen LogP contribution in [-0.2, 0) is 9.53 Å². The third kappa shape index (κ3) is 4.05. The van der Waals surface area contributed by atoms with E-state index < -0.39 is 0 Å². The number of amides is 1. The van der Waals surface area contributed by atoms with E-state index in [1.54, 1.807) is 12.4 Å². The Hall–Kier alpha value is -3.72. The molecule has 6 rings (SSSR count). The van der Waals surface area contributed by atoms with Gasteiger partial charge in [-0.2, -0.15) is 0 Å². The normalized spacial score (nSPS) is 21.9. The second kappa shape index (κ2) is 8.49. The van der Waals surface area contributed by atoms with Crippen molar-refractivity contribution in [1.29, 1.82) is 0 Å². The van der Waals surface area contributed by atoms with Gasteiger partial charge in [-0.1, -0.05) is 6.92 Å². The summed E-state index contributed by atoms with van der Waals surface area (Å²) < 4.78 is 11.8. The second-order valence-electron chi connectivity index (χ2n) is 9.49. The van der Waals surface area contributed by atoms with Crippen LogP contribution in [0.25, 0.3) is 33.3 Å². The Bertz CT molecular complexity index is 1430. The van der Waals surface area contributed by atoms with Crippen LogP contribution in [0.3, 0.4) is 0 Å². The van der Waals surface area contributed by atoms with Gasteiger partial charge in [0, 0.05) is 54.9 Å². The molecule has 4 aromatic rings. The predicted molar refractivity (Wildman–Crippen MR) is 136 cm³/mol. The summed E-state index contributed by atoms with van der Waals surface area (Å²) in [7, 11) is 1.82. The maximum absolute atomic E-state index is 12.5. The van der Waals surface area contributed by atoms with Crippen LogP contribution in [-0.4, -0.2) is 53.7 Å². The number of fused-ring (bicyclic) bond motifs is 2. The van der Waals surface area contributed by atoms with E-state index >= 15 is 0 Å². The average molecular weight is 473 g/mol. The Balaban J connectivity index is 1.39. The summed E-state index contributed by atoms with van der Waals surface area (Å²) in [6, 6.07) is 7.95. The van der Waals surface area contributed by atoms with Gasteiger partial charge in [0.15, 0.2) is 5.58 Å². The van der Waals surface area contributed by atoms with E-state index in [1.807, 2.05) is 19.2 Å². The molecular formula is C26H28N6O3. The van der Waals surface area contributed by atoms with E-state index in [0.29, 0.717) is 35.6 Å². The van der Waals surface area contributed by atoms with E-state index in [2.05, 4.69) is 51.5 Å². The third-order valence-electron chi connectivity index (χ3n) is 6.91. The molecule has 0 bridgehead atoms. The number of hydrogen-bond donors (Lipinski definition) is 2. The molecule has 1 amide bonds. The molecule has 1 aromatic carbocycles. The molecule has 3 aromatic heterocycles. The van der Waals surface area contributed by atoms with Crippen LogP contribution >= 0.6 is 0 Å². The molecule has 1 aliphatic heterocycles. The minimum atomic E-state index is 0.0145. The fourth-order valence-electron chi connectivity index (χ4n) is 4.76. The standard InChI is InChI=1S/C26H28N6O3/c1-14-8-17(14)25(33)31-23-10-18-19(11-28-23)24(27-3)29-12-20(18)26-30-21-9-16(4-5-22(21)35-26)32-6-7-34-15(2)13-32/h4-5,9-12,14-15,17H,6-8,13H2,1-3H3,(H,27,29)(H,28,31,33)/t14-,15-,17+/m1/s1. The zero-order chi connectivity index (χ0) is 24.1. The van der Waals surface area contributed by atoms with Crippen molar-refractivity contribution in [2.75, 3.05) is 42.3 Å². The van der Waals surface area contributed by atoms with Gasteiger partial charge >= 0.3 is 0 Å². The smallest absolute Gasteiger partial charge is 0.229 e. The van der Waals surface area contributed by atoms with Crippen molar-refractivity contribution in [2.24, 2.45) is 11.8 Å². The molecule has 0 spiro atoms. The predicted octanol–water partition coefficient (Wildman–Crippen LogP) is 4.30. The number of ether oxygens (including phenoxy) is 1. The molecule has 9 heteroatoms. The number of aromatic nitrogens is 3. The lowest BCUT2D eigenvalue weighted by molar-refractivity contribution is -0.117. The highest BCUT2D eigenvalue weighted by Crippen LogP contribution is 2.39. The quantitative estimate of drug-likeness (QED) is 0.443. The number of pyridine rings is 2. The summed E-state index contributed by atoms with van der Waals surface area (Å²) in [4.78, 5) is 28.6. The number of carbonyl (C=O) groups excluding carboxylic acids is 1. The van der Waals surface area contributed by atoms with Gasteiger partial charge in [0.2, 0.25) is 11.8 Å². The Morgan fingerprint density at radius 3 is 2.77 bits per heavy atom. The number of anilines is 3. The van der Waals surface area contributed by atoms with Crippen molar-refractivity contribution in [1.82, 2.24) is 15.0 Å². The molecule has 4 heterocycles. The third-order valence-corrected chi connectivity index (χ3v) is 6.91. The van der Waals surface area contributed by atoms with Crippen LogP contribution in [0.1, 0.15) is 20.3 Å². The summed E-state index contributed by atoms with van der Waals surface area (Å²) >= 11 is 0. The van der Waals surface area contributed by atoms with Crippen molar-refractivity contribution in [3.63, 3.8) is 0 Å². The van der Waals surface area contributed by atoms with Gasteiger partial charge in [0.05, 0.1) is 18.3 Å². The Morgan fingerprint density at radius 2 is 2.00 bits per heavy atom. The zero-order valence-corrected chi connectivity index (χ0v) is 20.0. The number of nitrogens with one attached hydrogen (secondary N) is 2. The minimum absolute atomic E-state index is 0.0145. The van der Waals surface area contributed by atoms with Crippen molar-refractivity contribution in [3.05, 3.63) is 36.7 Å². The first-order valence-electron chi connectivity index (χ1n) is 12.0. The van der Waals surface area contributed by atoms with Crippen molar-refractivity contribution >= 4 is 45.1 Å².